The number of rotatable bonds is 2. The number of hydrogen-bond acceptors (Lipinski definition) is 4. The molecule has 0 fully saturated rings. The Hall–Kier alpha value is -2.31. The molecule has 1 aliphatic carbocycles. The Labute approximate surface area is 127 Å². The van der Waals surface area contributed by atoms with Gasteiger partial charge in [-0.1, -0.05) is 31.2 Å². The zero-order valence-corrected chi connectivity index (χ0v) is 12.5. The average Bonchev–Trinajstić information content (AvgIpc) is 2.50. The van der Waals surface area contributed by atoms with Gasteiger partial charge in [-0.15, -0.1) is 0 Å². The summed E-state index contributed by atoms with van der Waals surface area (Å²) in [6.07, 6.45) is 0.208. The largest absolute Gasteiger partial charge is 0.294 e. The number of ketones is 2. The van der Waals surface area contributed by atoms with Crippen molar-refractivity contribution in [3.05, 3.63) is 64.2 Å². The van der Waals surface area contributed by atoms with E-state index in [0.29, 0.717) is 5.56 Å². The van der Waals surface area contributed by atoms with E-state index >= 15 is 0 Å². The maximum Gasteiger partial charge on any atom is 0.294 e. The van der Waals surface area contributed by atoms with Crippen LogP contribution in [0, 0.1) is 0 Å². The normalized spacial score (nSPS) is 13.7. The fourth-order valence-corrected chi connectivity index (χ4v) is 3.63. The molecule has 3 rings (SSSR count). The van der Waals surface area contributed by atoms with E-state index in [4.69, 9.17) is 0 Å². The van der Waals surface area contributed by atoms with Crippen LogP contribution in [-0.2, 0) is 16.5 Å². The Morgan fingerprint density at radius 2 is 1.50 bits per heavy atom. The van der Waals surface area contributed by atoms with Crippen molar-refractivity contribution in [2.24, 2.45) is 0 Å². The number of fused-ring (bicyclic) bond motifs is 2. The number of carbonyl (C=O) groups is 2. The van der Waals surface area contributed by atoms with E-state index in [1.54, 1.807) is 25.1 Å². The second-order valence-corrected chi connectivity index (χ2v) is 6.39. The first-order valence-electron chi connectivity index (χ1n) is 6.68. The Morgan fingerprint density at radius 1 is 0.909 bits per heavy atom. The Morgan fingerprint density at radius 3 is 2.05 bits per heavy atom. The van der Waals surface area contributed by atoms with Crippen molar-refractivity contribution in [2.45, 2.75) is 18.2 Å². The summed E-state index contributed by atoms with van der Waals surface area (Å²) in [4.78, 5) is 24.9. The van der Waals surface area contributed by atoms with Crippen LogP contribution in [0.1, 0.15) is 44.3 Å². The Bertz CT molecular complexity index is 926. The number of carbonyl (C=O) groups excluding carboxylic acids is 2. The quantitative estimate of drug-likeness (QED) is 0.733. The zero-order chi connectivity index (χ0) is 16.1. The first kappa shape index (κ1) is 14.6. The van der Waals surface area contributed by atoms with Crippen molar-refractivity contribution in [1.82, 2.24) is 0 Å². The zero-order valence-electron chi connectivity index (χ0n) is 11.7. The molecule has 0 heterocycles. The van der Waals surface area contributed by atoms with Crippen LogP contribution < -0.4 is 0 Å². The van der Waals surface area contributed by atoms with E-state index in [-0.39, 0.29) is 39.4 Å². The van der Waals surface area contributed by atoms with Gasteiger partial charge >= 0.3 is 0 Å². The smallest absolute Gasteiger partial charge is 0.289 e. The maximum atomic E-state index is 12.7. The van der Waals surface area contributed by atoms with Gasteiger partial charge in [0.1, 0.15) is 0 Å². The lowest BCUT2D eigenvalue weighted by Gasteiger charge is -2.21. The van der Waals surface area contributed by atoms with Crippen molar-refractivity contribution in [2.75, 3.05) is 0 Å². The third-order valence-corrected chi connectivity index (χ3v) is 4.73. The Kier molecular flexibility index (Phi) is 3.23. The fourth-order valence-electron chi connectivity index (χ4n) is 2.83. The van der Waals surface area contributed by atoms with Crippen molar-refractivity contribution >= 4 is 21.7 Å². The van der Waals surface area contributed by atoms with Gasteiger partial charge in [0.25, 0.3) is 10.1 Å². The molecule has 5 nitrogen and oxygen atoms in total. The second kappa shape index (κ2) is 4.86. The van der Waals surface area contributed by atoms with Crippen molar-refractivity contribution in [3.63, 3.8) is 0 Å². The first-order chi connectivity index (χ1) is 10.4. The summed E-state index contributed by atoms with van der Waals surface area (Å²) in [5, 5.41) is 0. The van der Waals surface area contributed by atoms with Crippen molar-refractivity contribution in [1.29, 1.82) is 0 Å². The summed E-state index contributed by atoms with van der Waals surface area (Å²) < 4.78 is 32.3. The highest BCUT2D eigenvalue weighted by Gasteiger charge is 2.33. The summed E-state index contributed by atoms with van der Waals surface area (Å²) in [6.45, 7) is 1.67. The molecule has 6 heteroatoms. The molecule has 112 valence electrons. The highest BCUT2D eigenvalue weighted by atomic mass is 32.2. The van der Waals surface area contributed by atoms with E-state index in [1.165, 1.54) is 18.2 Å². The third-order valence-electron chi connectivity index (χ3n) is 3.79. The molecule has 22 heavy (non-hydrogen) atoms. The van der Waals surface area contributed by atoms with Gasteiger partial charge in [-0.25, -0.2) is 0 Å². The minimum atomic E-state index is -4.46. The van der Waals surface area contributed by atoms with Crippen LogP contribution in [0.3, 0.4) is 0 Å². The van der Waals surface area contributed by atoms with Crippen LogP contribution >= 0.6 is 0 Å². The van der Waals surface area contributed by atoms with E-state index in [2.05, 4.69) is 0 Å². The standard InChI is InChI=1S/C16H12O5S/c1-2-9-13(22(19,20)21)8-7-12-14(9)16(18)11-6-4-3-5-10(11)15(12)17/h3-8H,2H2,1H3,(H,19,20,21). The van der Waals surface area contributed by atoms with E-state index < -0.39 is 15.9 Å². The Balaban J connectivity index is 2.39. The maximum absolute atomic E-state index is 12.7. The summed E-state index contributed by atoms with van der Waals surface area (Å²) in [5.74, 6) is -0.714. The molecule has 0 bridgehead atoms. The average molecular weight is 316 g/mol. The van der Waals surface area contributed by atoms with Crippen LogP contribution in [0.5, 0.6) is 0 Å². The molecular weight excluding hydrogens is 304 g/mol. The highest BCUT2D eigenvalue weighted by molar-refractivity contribution is 7.85. The molecule has 2 aromatic carbocycles. The van der Waals surface area contributed by atoms with Crippen LogP contribution in [0.2, 0.25) is 0 Å². The predicted molar refractivity (Wildman–Crippen MR) is 78.9 cm³/mol. The minimum Gasteiger partial charge on any atom is -0.289 e. The molecule has 0 unspecified atom stereocenters. The molecule has 2 aromatic rings. The summed E-state index contributed by atoms with van der Waals surface area (Å²) >= 11 is 0. The van der Waals surface area contributed by atoms with Gasteiger partial charge in [-0.2, -0.15) is 8.42 Å². The predicted octanol–water partition coefficient (Wildman–Crippen LogP) is 2.27. The molecule has 1 aliphatic rings. The summed E-state index contributed by atoms with van der Waals surface area (Å²) in [6, 6.07) is 8.88. The van der Waals surface area contributed by atoms with Crippen molar-refractivity contribution < 1.29 is 22.6 Å². The van der Waals surface area contributed by atoms with Gasteiger partial charge in [-0.3, -0.25) is 14.1 Å². The molecule has 0 saturated heterocycles. The molecule has 1 N–H and O–H groups in total. The highest BCUT2D eigenvalue weighted by Crippen LogP contribution is 2.32. The summed E-state index contributed by atoms with van der Waals surface area (Å²) in [5.41, 5.74) is 0.978. The molecule has 0 amide bonds. The summed E-state index contributed by atoms with van der Waals surface area (Å²) in [7, 11) is -4.46. The van der Waals surface area contributed by atoms with Crippen molar-refractivity contribution in [3.8, 4) is 0 Å². The van der Waals surface area contributed by atoms with Gasteiger partial charge in [0, 0.05) is 22.3 Å². The molecule has 0 aliphatic heterocycles. The fraction of sp³-hybridized carbons (Fsp3) is 0.125. The lowest BCUT2D eigenvalue weighted by molar-refractivity contribution is 0.0978. The lowest BCUT2D eigenvalue weighted by Crippen LogP contribution is -2.23. The molecule has 0 radical (unpaired) electrons. The SMILES string of the molecule is CCc1c(S(=O)(=O)O)ccc2c1C(=O)c1ccccc1C2=O. The van der Waals surface area contributed by atoms with Crippen LogP contribution in [-0.4, -0.2) is 24.5 Å². The third kappa shape index (κ3) is 2.00. The lowest BCUT2D eigenvalue weighted by atomic mass is 9.81. The van der Waals surface area contributed by atoms with Gasteiger partial charge in [0.2, 0.25) is 0 Å². The molecule has 0 spiro atoms. The van der Waals surface area contributed by atoms with E-state index in [9.17, 15) is 22.6 Å². The van der Waals surface area contributed by atoms with E-state index in [1.807, 2.05) is 0 Å². The monoisotopic (exact) mass is 316 g/mol. The van der Waals surface area contributed by atoms with Gasteiger partial charge in [0.15, 0.2) is 11.6 Å². The molecule has 0 atom stereocenters. The van der Waals surface area contributed by atoms with E-state index in [0.717, 1.165) is 0 Å². The first-order valence-corrected chi connectivity index (χ1v) is 8.12. The molecule has 0 aromatic heterocycles. The van der Waals surface area contributed by atoms with Gasteiger partial charge < -0.3 is 0 Å². The minimum absolute atomic E-state index is 0.0707. The number of benzene rings is 2. The van der Waals surface area contributed by atoms with Gasteiger partial charge in [-0.05, 0) is 24.1 Å². The second-order valence-electron chi connectivity index (χ2n) is 5.00. The number of hydrogen-bond donors (Lipinski definition) is 1. The van der Waals surface area contributed by atoms with Crippen LogP contribution in [0.4, 0.5) is 0 Å². The topological polar surface area (TPSA) is 88.5 Å². The van der Waals surface area contributed by atoms with Gasteiger partial charge in [0.05, 0.1) is 4.90 Å². The van der Waals surface area contributed by atoms with Crippen LogP contribution in [0.15, 0.2) is 41.3 Å². The van der Waals surface area contributed by atoms with Crippen LogP contribution in [0.25, 0.3) is 0 Å². The molecular formula is C16H12O5S. The molecule has 0 saturated carbocycles.